The molecule has 3 aromatic rings. The van der Waals surface area contributed by atoms with E-state index in [1.807, 2.05) is 19.1 Å². The van der Waals surface area contributed by atoms with E-state index in [4.69, 9.17) is 9.47 Å². The number of methoxy groups -OCH3 is 2. The van der Waals surface area contributed by atoms with Gasteiger partial charge in [0.1, 0.15) is 17.9 Å². The van der Waals surface area contributed by atoms with Crippen LogP contribution in [-0.2, 0) is 4.79 Å². The van der Waals surface area contributed by atoms with Crippen molar-refractivity contribution in [3.05, 3.63) is 48.5 Å². The summed E-state index contributed by atoms with van der Waals surface area (Å²) in [5.74, 6) is 0.467. The molecule has 0 aliphatic rings. The largest absolute Gasteiger partial charge is 0.495 e. The second-order valence-corrected chi connectivity index (χ2v) is 5.96. The highest BCUT2D eigenvalue weighted by Gasteiger charge is 2.17. The summed E-state index contributed by atoms with van der Waals surface area (Å²) in [5, 5.41) is 3.45. The number of amides is 1. The molecule has 146 valence electrons. The van der Waals surface area contributed by atoms with Crippen LogP contribution in [0.3, 0.4) is 0 Å². The van der Waals surface area contributed by atoms with Gasteiger partial charge in [0.15, 0.2) is 11.6 Å². The molecule has 7 nitrogen and oxygen atoms in total. The fourth-order valence-corrected chi connectivity index (χ4v) is 2.90. The molecule has 0 atom stereocenters. The van der Waals surface area contributed by atoms with Gasteiger partial charge < -0.3 is 19.7 Å². The third-order valence-corrected chi connectivity index (χ3v) is 4.28. The molecule has 0 aliphatic carbocycles. The lowest BCUT2D eigenvalue weighted by atomic mass is 10.2. The molecule has 1 N–H and O–H groups in total. The van der Waals surface area contributed by atoms with Gasteiger partial charge in [-0.15, -0.1) is 0 Å². The average Bonchev–Trinajstić information content (AvgIpc) is 2.71. The third-order valence-electron chi connectivity index (χ3n) is 4.28. The first-order valence-corrected chi connectivity index (χ1v) is 8.73. The van der Waals surface area contributed by atoms with Gasteiger partial charge in [0.05, 0.1) is 32.0 Å². The molecular weight excluding hydrogens is 363 g/mol. The van der Waals surface area contributed by atoms with Crippen LogP contribution >= 0.6 is 0 Å². The van der Waals surface area contributed by atoms with Gasteiger partial charge in [-0.2, -0.15) is 0 Å². The summed E-state index contributed by atoms with van der Waals surface area (Å²) >= 11 is 0. The number of likely N-dealkylation sites (N-methyl/N-ethyl adjacent to an activating group) is 1. The topological polar surface area (TPSA) is 76.6 Å². The lowest BCUT2D eigenvalue weighted by Gasteiger charge is -2.23. The summed E-state index contributed by atoms with van der Waals surface area (Å²) in [7, 11) is 2.94. The molecule has 1 amide bonds. The summed E-state index contributed by atoms with van der Waals surface area (Å²) in [6.45, 7) is 2.48. The van der Waals surface area contributed by atoms with E-state index < -0.39 is 5.82 Å². The highest BCUT2D eigenvalue weighted by atomic mass is 19.1. The normalized spacial score (nSPS) is 10.6. The molecule has 0 aliphatic heterocycles. The predicted molar refractivity (Wildman–Crippen MR) is 106 cm³/mol. The molecule has 0 spiro atoms. The molecule has 2 aromatic carbocycles. The van der Waals surface area contributed by atoms with Crippen molar-refractivity contribution in [2.24, 2.45) is 0 Å². The van der Waals surface area contributed by atoms with Crippen molar-refractivity contribution in [2.75, 3.05) is 37.5 Å². The van der Waals surface area contributed by atoms with Crippen molar-refractivity contribution in [1.29, 1.82) is 0 Å². The molecule has 0 saturated carbocycles. The number of carbonyl (C=O) groups is 1. The van der Waals surface area contributed by atoms with Crippen LogP contribution in [0.15, 0.2) is 42.7 Å². The summed E-state index contributed by atoms with van der Waals surface area (Å²) < 4.78 is 24.3. The summed E-state index contributed by atoms with van der Waals surface area (Å²) in [6, 6.07) is 10.0. The van der Waals surface area contributed by atoms with E-state index >= 15 is 0 Å². The van der Waals surface area contributed by atoms with Gasteiger partial charge in [0.25, 0.3) is 0 Å². The number of nitrogens with zero attached hydrogens (tertiary/aromatic N) is 3. The molecular formula is C20H21FN4O3. The molecule has 28 heavy (non-hydrogen) atoms. The lowest BCUT2D eigenvalue weighted by Crippen LogP contribution is -2.34. The molecule has 1 heterocycles. The number of aromatic nitrogens is 2. The maximum atomic E-state index is 14.0. The highest BCUT2D eigenvalue weighted by Crippen LogP contribution is 2.29. The minimum Gasteiger partial charge on any atom is -0.495 e. The van der Waals surface area contributed by atoms with Crippen molar-refractivity contribution in [3.63, 3.8) is 0 Å². The van der Waals surface area contributed by atoms with E-state index in [2.05, 4.69) is 15.3 Å². The molecule has 0 bridgehead atoms. The number of anilines is 2. The minimum atomic E-state index is -0.503. The van der Waals surface area contributed by atoms with Crippen molar-refractivity contribution < 1.29 is 18.7 Å². The quantitative estimate of drug-likeness (QED) is 0.674. The van der Waals surface area contributed by atoms with Gasteiger partial charge in [0, 0.05) is 18.0 Å². The molecule has 8 heteroatoms. The summed E-state index contributed by atoms with van der Waals surface area (Å²) in [6.07, 6.45) is 1.35. The van der Waals surface area contributed by atoms with Crippen molar-refractivity contribution in [1.82, 2.24) is 9.97 Å². The van der Waals surface area contributed by atoms with Gasteiger partial charge in [-0.25, -0.2) is 14.4 Å². The zero-order valence-electron chi connectivity index (χ0n) is 15.9. The molecule has 0 fully saturated rings. The van der Waals surface area contributed by atoms with Gasteiger partial charge in [-0.3, -0.25) is 4.79 Å². The number of para-hydroxylation sites is 2. The Balaban J connectivity index is 1.88. The zero-order valence-corrected chi connectivity index (χ0v) is 15.9. The number of ether oxygens (including phenoxy) is 2. The number of hydrogen-bond acceptors (Lipinski definition) is 6. The van der Waals surface area contributed by atoms with Crippen molar-refractivity contribution in [3.8, 4) is 11.5 Å². The lowest BCUT2D eigenvalue weighted by molar-refractivity contribution is -0.115. The Hall–Kier alpha value is -3.42. The van der Waals surface area contributed by atoms with Gasteiger partial charge >= 0.3 is 0 Å². The van der Waals surface area contributed by atoms with Crippen LogP contribution in [0.4, 0.5) is 15.9 Å². The van der Waals surface area contributed by atoms with Crippen LogP contribution in [0.5, 0.6) is 11.5 Å². The highest BCUT2D eigenvalue weighted by molar-refractivity contribution is 5.97. The predicted octanol–water partition coefficient (Wildman–Crippen LogP) is 3.25. The first-order chi connectivity index (χ1) is 13.6. The first kappa shape index (κ1) is 19.3. The number of fused-ring (bicyclic) bond motifs is 1. The first-order valence-electron chi connectivity index (χ1n) is 8.73. The Bertz CT molecular complexity index is 996. The number of halogens is 1. The Morgan fingerprint density at radius 2 is 1.89 bits per heavy atom. The zero-order chi connectivity index (χ0) is 20.1. The number of rotatable bonds is 7. The van der Waals surface area contributed by atoms with Gasteiger partial charge in [-0.1, -0.05) is 12.1 Å². The van der Waals surface area contributed by atoms with Gasteiger partial charge in [-0.05, 0) is 25.1 Å². The Kier molecular flexibility index (Phi) is 5.88. The standard InChI is InChI=1S/C20H21FN4O3/c1-4-25(11-19(26)24-15-7-5-6-8-17(15)27-2)20-13-9-18(28-3)14(21)10-16(13)22-12-23-20/h5-10,12H,4,11H2,1-3H3,(H,24,26). The molecule has 0 unspecified atom stereocenters. The van der Waals surface area contributed by atoms with Crippen LogP contribution < -0.4 is 19.7 Å². The molecule has 1 aromatic heterocycles. The number of nitrogens with one attached hydrogen (secondary N) is 1. The molecule has 0 radical (unpaired) electrons. The fourth-order valence-electron chi connectivity index (χ4n) is 2.90. The van der Waals surface area contributed by atoms with E-state index in [1.165, 1.54) is 19.5 Å². The van der Waals surface area contributed by atoms with E-state index in [1.54, 1.807) is 30.2 Å². The Morgan fingerprint density at radius 1 is 1.14 bits per heavy atom. The van der Waals surface area contributed by atoms with Crippen molar-refractivity contribution in [2.45, 2.75) is 6.92 Å². The van der Waals surface area contributed by atoms with Gasteiger partial charge in [0.2, 0.25) is 5.91 Å². The number of carbonyl (C=O) groups excluding carboxylic acids is 1. The molecule has 3 rings (SSSR count). The number of hydrogen-bond donors (Lipinski definition) is 1. The smallest absolute Gasteiger partial charge is 0.244 e. The second-order valence-electron chi connectivity index (χ2n) is 5.96. The van der Waals surface area contributed by atoms with Crippen molar-refractivity contribution >= 4 is 28.3 Å². The number of benzene rings is 2. The van der Waals surface area contributed by atoms with Crippen LogP contribution in [0.1, 0.15) is 6.92 Å². The van der Waals surface area contributed by atoms with E-state index in [-0.39, 0.29) is 18.2 Å². The van der Waals surface area contributed by atoms with Crippen LogP contribution in [0.25, 0.3) is 10.9 Å². The maximum Gasteiger partial charge on any atom is 0.244 e. The van der Waals surface area contributed by atoms with Crippen LogP contribution in [0.2, 0.25) is 0 Å². The van der Waals surface area contributed by atoms with E-state index in [9.17, 15) is 9.18 Å². The van der Waals surface area contributed by atoms with E-state index in [0.29, 0.717) is 34.7 Å². The Morgan fingerprint density at radius 3 is 2.61 bits per heavy atom. The Labute approximate surface area is 162 Å². The minimum absolute atomic E-state index is 0.0559. The summed E-state index contributed by atoms with van der Waals surface area (Å²) in [4.78, 5) is 22.8. The van der Waals surface area contributed by atoms with Crippen LogP contribution in [0, 0.1) is 5.82 Å². The maximum absolute atomic E-state index is 14.0. The molecule has 0 saturated heterocycles. The fraction of sp³-hybridized carbons (Fsp3) is 0.250. The SMILES string of the molecule is CCN(CC(=O)Nc1ccccc1OC)c1ncnc2cc(F)c(OC)cc12. The van der Waals surface area contributed by atoms with Crippen LogP contribution in [-0.4, -0.2) is 43.2 Å². The summed E-state index contributed by atoms with van der Waals surface area (Å²) in [5.41, 5.74) is 1.02. The average molecular weight is 384 g/mol. The monoisotopic (exact) mass is 384 g/mol. The third kappa shape index (κ3) is 3.95. The van der Waals surface area contributed by atoms with E-state index in [0.717, 1.165) is 0 Å². The second kappa shape index (κ2) is 8.51.